The van der Waals surface area contributed by atoms with E-state index in [4.69, 9.17) is 5.73 Å². The van der Waals surface area contributed by atoms with Gasteiger partial charge in [0.1, 0.15) is 17.3 Å². The second-order valence-electron chi connectivity index (χ2n) is 5.05. The molecular formula is C14H19N5O. The summed E-state index contributed by atoms with van der Waals surface area (Å²) in [7, 11) is 5.53. The molecule has 0 spiro atoms. The second-order valence-corrected chi connectivity index (χ2v) is 5.05. The normalized spacial score (nSPS) is 10.7. The number of aromatic nitrogens is 3. The van der Waals surface area contributed by atoms with Gasteiger partial charge >= 0.3 is 0 Å². The number of anilines is 2. The maximum atomic E-state index is 12.0. The van der Waals surface area contributed by atoms with Crippen molar-refractivity contribution in [2.45, 2.75) is 13.8 Å². The minimum Gasteiger partial charge on any atom is -0.393 e. The Morgan fingerprint density at radius 2 is 1.95 bits per heavy atom. The molecule has 0 atom stereocenters. The highest BCUT2D eigenvalue weighted by Gasteiger charge is 2.13. The molecule has 0 saturated carbocycles. The summed E-state index contributed by atoms with van der Waals surface area (Å²) in [6.07, 6.45) is 1.74. The molecule has 0 unspecified atom stereocenters. The first kappa shape index (κ1) is 14.0. The van der Waals surface area contributed by atoms with E-state index in [-0.39, 0.29) is 11.2 Å². The fourth-order valence-electron chi connectivity index (χ4n) is 1.99. The summed E-state index contributed by atoms with van der Waals surface area (Å²) in [5.41, 5.74) is 8.05. The maximum Gasteiger partial charge on any atom is 0.276 e. The Morgan fingerprint density at radius 1 is 1.30 bits per heavy atom. The zero-order valence-electron chi connectivity index (χ0n) is 12.4. The van der Waals surface area contributed by atoms with Crippen molar-refractivity contribution in [1.29, 1.82) is 0 Å². The molecule has 0 radical (unpaired) electrons. The number of nitrogens with two attached hydrogens (primary N) is 1. The van der Waals surface area contributed by atoms with E-state index in [1.54, 1.807) is 20.2 Å². The van der Waals surface area contributed by atoms with Crippen LogP contribution in [0.4, 0.5) is 11.5 Å². The fraction of sp³-hybridized carbons (Fsp3) is 0.357. The zero-order valence-corrected chi connectivity index (χ0v) is 12.4. The van der Waals surface area contributed by atoms with Gasteiger partial charge in [-0.2, -0.15) is 0 Å². The third-order valence-electron chi connectivity index (χ3n) is 3.31. The summed E-state index contributed by atoms with van der Waals surface area (Å²) in [6, 6.07) is 1.97. The lowest BCUT2D eigenvalue weighted by Gasteiger charge is -2.15. The largest absolute Gasteiger partial charge is 0.393 e. The number of nitrogen functional groups attached to an aromatic ring is 1. The molecule has 0 aliphatic heterocycles. The van der Waals surface area contributed by atoms with E-state index in [1.165, 1.54) is 4.57 Å². The van der Waals surface area contributed by atoms with Crippen LogP contribution in [0.15, 0.2) is 17.1 Å². The number of aryl methyl sites for hydroxylation is 2. The summed E-state index contributed by atoms with van der Waals surface area (Å²) >= 11 is 0. The van der Waals surface area contributed by atoms with Crippen molar-refractivity contribution >= 4 is 11.5 Å². The minimum absolute atomic E-state index is 0.187. The van der Waals surface area contributed by atoms with Gasteiger partial charge < -0.3 is 10.6 Å². The molecule has 6 heteroatoms. The van der Waals surface area contributed by atoms with Crippen LogP contribution in [-0.4, -0.2) is 28.6 Å². The molecule has 20 heavy (non-hydrogen) atoms. The van der Waals surface area contributed by atoms with Crippen molar-refractivity contribution in [3.8, 4) is 11.4 Å². The molecule has 0 aliphatic carbocycles. The number of hydrogen-bond donors (Lipinski definition) is 1. The molecule has 0 bridgehead atoms. The van der Waals surface area contributed by atoms with Crippen molar-refractivity contribution in [2.75, 3.05) is 24.7 Å². The maximum absolute atomic E-state index is 12.0. The molecule has 2 rings (SSSR count). The van der Waals surface area contributed by atoms with Crippen LogP contribution < -0.4 is 16.2 Å². The van der Waals surface area contributed by atoms with Crippen LogP contribution in [0.25, 0.3) is 11.4 Å². The third-order valence-corrected chi connectivity index (χ3v) is 3.31. The Balaban J connectivity index is 2.67. The van der Waals surface area contributed by atoms with Crippen LogP contribution >= 0.6 is 0 Å². The van der Waals surface area contributed by atoms with Gasteiger partial charge in [0.15, 0.2) is 0 Å². The van der Waals surface area contributed by atoms with Crippen molar-refractivity contribution in [2.24, 2.45) is 7.05 Å². The van der Waals surface area contributed by atoms with Crippen molar-refractivity contribution in [3.63, 3.8) is 0 Å². The summed E-state index contributed by atoms with van der Waals surface area (Å²) < 4.78 is 1.46. The Kier molecular flexibility index (Phi) is 3.48. The molecule has 2 aromatic heterocycles. The highest BCUT2D eigenvalue weighted by Crippen LogP contribution is 2.23. The Bertz CT molecular complexity index is 718. The van der Waals surface area contributed by atoms with Crippen LogP contribution in [0.5, 0.6) is 0 Å². The molecular weight excluding hydrogens is 254 g/mol. The van der Waals surface area contributed by atoms with Gasteiger partial charge in [-0.3, -0.25) is 9.36 Å². The van der Waals surface area contributed by atoms with Crippen LogP contribution in [0, 0.1) is 13.8 Å². The van der Waals surface area contributed by atoms with E-state index in [0.29, 0.717) is 11.5 Å². The molecule has 0 aromatic carbocycles. The quantitative estimate of drug-likeness (QED) is 0.887. The van der Waals surface area contributed by atoms with Gasteiger partial charge in [0.25, 0.3) is 5.56 Å². The van der Waals surface area contributed by atoms with E-state index in [0.717, 1.165) is 16.9 Å². The fourth-order valence-corrected chi connectivity index (χ4v) is 1.99. The van der Waals surface area contributed by atoms with Gasteiger partial charge in [0.2, 0.25) is 0 Å². The predicted molar refractivity (Wildman–Crippen MR) is 80.9 cm³/mol. The van der Waals surface area contributed by atoms with Crippen LogP contribution in [0.1, 0.15) is 11.3 Å². The molecule has 0 amide bonds. The first-order chi connectivity index (χ1) is 9.32. The standard InChI is InChI=1S/C14H19N5O/c1-8-6-11(18(3)4)16-7-10(8)13-17-9(2)12(15)14(20)19(13)5/h6-7H,15H2,1-5H3. The molecule has 2 heterocycles. The number of hydrogen-bond acceptors (Lipinski definition) is 5. The second kappa shape index (κ2) is 4.96. The molecule has 2 N–H and O–H groups in total. The minimum atomic E-state index is -0.233. The van der Waals surface area contributed by atoms with Crippen molar-refractivity contribution in [3.05, 3.63) is 33.9 Å². The van der Waals surface area contributed by atoms with E-state index in [9.17, 15) is 4.79 Å². The summed E-state index contributed by atoms with van der Waals surface area (Å²) in [4.78, 5) is 22.8. The SMILES string of the molecule is Cc1cc(N(C)C)ncc1-c1nc(C)c(N)c(=O)n1C. The monoisotopic (exact) mass is 273 g/mol. The van der Waals surface area contributed by atoms with Gasteiger partial charge in [0.05, 0.1) is 5.69 Å². The van der Waals surface area contributed by atoms with Crippen LogP contribution in [-0.2, 0) is 7.05 Å². The van der Waals surface area contributed by atoms with Crippen LogP contribution in [0.2, 0.25) is 0 Å². The topological polar surface area (TPSA) is 77.0 Å². The smallest absolute Gasteiger partial charge is 0.276 e. The van der Waals surface area contributed by atoms with Gasteiger partial charge in [-0.1, -0.05) is 0 Å². The zero-order chi connectivity index (χ0) is 15.0. The van der Waals surface area contributed by atoms with Crippen molar-refractivity contribution < 1.29 is 0 Å². The summed E-state index contributed by atoms with van der Waals surface area (Å²) in [5.74, 6) is 1.44. The predicted octanol–water partition coefficient (Wildman–Crippen LogP) is 1.11. The summed E-state index contributed by atoms with van der Waals surface area (Å²) in [6.45, 7) is 3.71. The lowest BCUT2D eigenvalue weighted by atomic mass is 10.1. The number of nitrogens with zero attached hydrogens (tertiary/aromatic N) is 4. The molecule has 106 valence electrons. The van der Waals surface area contributed by atoms with Gasteiger partial charge in [0, 0.05) is 32.9 Å². The Labute approximate surface area is 117 Å². The van der Waals surface area contributed by atoms with Gasteiger partial charge in [-0.15, -0.1) is 0 Å². The number of pyridine rings is 1. The number of rotatable bonds is 2. The molecule has 6 nitrogen and oxygen atoms in total. The Morgan fingerprint density at radius 3 is 2.50 bits per heavy atom. The van der Waals surface area contributed by atoms with E-state index >= 15 is 0 Å². The third kappa shape index (κ3) is 2.24. The lowest BCUT2D eigenvalue weighted by Crippen LogP contribution is -2.24. The highest BCUT2D eigenvalue weighted by molar-refractivity contribution is 5.63. The molecule has 2 aromatic rings. The lowest BCUT2D eigenvalue weighted by molar-refractivity contribution is 0.830. The van der Waals surface area contributed by atoms with E-state index in [2.05, 4.69) is 9.97 Å². The average Bonchev–Trinajstić information content (AvgIpc) is 2.40. The summed E-state index contributed by atoms with van der Waals surface area (Å²) in [5, 5.41) is 0. The molecule has 0 saturated heterocycles. The molecule has 0 fully saturated rings. The van der Waals surface area contributed by atoms with Gasteiger partial charge in [-0.05, 0) is 25.5 Å². The van der Waals surface area contributed by atoms with E-state index < -0.39 is 0 Å². The average molecular weight is 273 g/mol. The molecule has 0 aliphatic rings. The van der Waals surface area contributed by atoms with Gasteiger partial charge in [-0.25, -0.2) is 9.97 Å². The highest BCUT2D eigenvalue weighted by atomic mass is 16.1. The van der Waals surface area contributed by atoms with Crippen LogP contribution in [0.3, 0.4) is 0 Å². The Hall–Kier alpha value is -2.37. The first-order valence-electron chi connectivity index (χ1n) is 6.30. The van der Waals surface area contributed by atoms with E-state index in [1.807, 2.05) is 32.0 Å². The first-order valence-corrected chi connectivity index (χ1v) is 6.30. The van der Waals surface area contributed by atoms with Crippen molar-refractivity contribution in [1.82, 2.24) is 14.5 Å².